The van der Waals surface area contributed by atoms with Crippen LogP contribution in [0.1, 0.15) is 38.7 Å². The van der Waals surface area contributed by atoms with Crippen molar-refractivity contribution in [3.05, 3.63) is 47.3 Å². The predicted octanol–water partition coefficient (Wildman–Crippen LogP) is 4.11. The molecule has 1 atom stereocenters. The van der Waals surface area contributed by atoms with E-state index in [1.807, 2.05) is 18.7 Å². The zero-order valence-corrected chi connectivity index (χ0v) is 17.0. The van der Waals surface area contributed by atoms with Crippen LogP contribution in [-0.4, -0.2) is 36.3 Å². The molecule has 2 aromatic rings. The largest absolute Gasteiger partial charge is 0.356 e. The van der Waals surface area contributed by atoms with Crippen molar-refractivity contribution < 1.29 is 9.59 Å². The third kappa shape index (κ3) is 4.41. The molecule has 0 spiro atoms. The van der Waals surface area contributed by atoms with Crippen molar-refractivity contribution in [1.29, 1.82) is 0 Å². The van der Waals surface area contributed by atoms with Gasteiger partial charge in [0.1, 0.15) is 0 Å². The van der Waals surface area contributed by atoms with Gasteiger partial charge in [0.2, 0.25) is 11.8 Å². The summed E-state index contributed by atoms with van der Waals surface area (Å²) in [7, 11) is 0. The fourth-order valence-corrected chi connectivity index (χ4v) is 4.68. The third-order valence-electron chi connectivity index (χ3n) is 5.35. The molecular weight excluding hydrogens is 356 g/mol. The number of thiophene rings is 1. The average molecular weight is 385 g/mol. The number of hydrogen-bond acceptors (Lipinski definition) is 3. The van der Waals surface area contributed by atoms with E-state index in [4.69, 9.17) is 0 Å². The van der Waals surface area contributed by atoms with Gasteiger partial charge in [-0.15, -0.1) is 11.3 Å². The summed E-state index contributed by atoms with van der Waals surface area (Å²) in [6.45, 7) is 5.70. The van der Waals surface area contributed by atoms with Crippen LogP contribution in [-0.2, 0) is 16.0 Å². The molecule has 1 aromatic heterocycles. The first-order chi connectivity index (χ1) is 13.1. The van der Waals surface area contributed by atoms with Gasteiger partial charge < -0.3 is 10.2 Å². The SMILES string of the molecule is CCNC(=O)[C@@]1(Cc2ccc(-c3cccs3)cc2)CCCN(C(=O)CC)C1. The van der Waals surface area contributed by atoms with Gasteiger partial charge in [-0.25, -0.2) is 0 Å². The summed E-state index contributed by atoms with van der Waals surface area (Å²) in [5, 5.41) is 5.09. The van der Waals surface area contributed by atoms with Gasteiger partial charge in [0.15, 0.2) is 0 Å². The average Bonchev–Trinajstić information content (AvgIpc) is 3.23. The highest BCUT2D eigenvalue weighted by Gasteiger charge is 2.43. The Labute approximate surface area is 165 Å². The number of likely N-dealkylation sites (tertiary alicyclic amines) is 1. The van der Waals surface area contributed by atoms with Gasteiger partial charge in [0, 0.05) is 30.9 Å². The molecule has 2 amide bonds. The van der Waals surface area contributed by atoms with Crippen LogP contribution in [0.3, 0.4) is 0 Å². The molecule has 0 saturated carbocycles. The van der Waals surface area contributed by atoms with Crippen LogP contribution in [0, 0.1) is 5.41 Å². The quantitative estimate of drug-likeness (QED) is 0.815. The predicted molar refractivity (Wildman–Crippen MR) is 111 cm³/mol. The minimum atomic E-state index is -0.538. The van der Waals surface area contributed by atoms with Crippen molar-refractivity contribution in [3.8, 4) is 10.4 Å². The summed E-state index contributed by atoms with van der Waals surface area (Å²) in [4.78, 5) is 28.4. The van der Waals surface area contributed by atoms with Gasteiger partial charge in [-0.3, -0.25) is 9.59 Å². The van der Waals surface area contributed by atoms with Crippen molar-refractivity contribution in [1.82, 2.24) is 10.2 Å². The Kier molecular flexibility index (Phi) is 6.32. The smallest absolute Gasteiger partial charge is 0.228 e. The normalized spacial score (nSPS) is 19.7. The zero-order valence-electron chi connectivity index (χ0n) is 16.2. The molecule has 0 bridgehead atoms. The molecule has 1 N–H and O–H groups in total. The number of carbonyl (C=O) groups excluding carboxylic acids is 2. The van der Waals surface area contributed by atoms with Crippen molar-refractivity contribution in [2.45, 2.75) is 39.5 Å². The molecule has 3 rings (SSSR count). The Morgan fingerprint density at radius 3 is 2.59 bits per heavy atom. The van der Waals surface area contributed by atoms with Crippen LogP contribution in [0.15, 0.2) is 41.8 Å². The van der Waals surface area contributed by atoms with Crippen LogP contribution in [0.2, 0.25) is 0 Å². The van der Waals surface area contributed by atoms with E-state index < -0.39 is 5.41 Å². The number of piperidine rings is 1. The first-order valence-electron chi connectivity index (χ1n) is 9.77. The molecule has 27 heavy (non-hydrogen) atoms. The van der Waals surface area contributed by atoms with Gasteiger partial charge in [0.25, 0.3) is 0 Å². The molecule has 1 saturated heterocycles. The monoisotopic (exact) mass is 384 g/mol. The zero-order chi connectivity index (χ0) is 19.3. The van der Waals surface area contributed by atoms with E-state index in [9.17, 15) is 9.59 Å². The summed E-state index contributed by atoms with van der Waals surface area (Å²) in [6, 6.07) is 12.7. The van der Waals surface area contributed by atoms with Crippen LogP contribution < -0.4 is 5.32 Å². The standard InChI is InChI=1S/C22H28N2O2S/c1-3-20(25)24-13-6-12-22(16-24,21(26)23-4-2)15-17-8-10-18(11-9-17)19-7-5-14-27-19/h5,7-11,14H,3-4,6,12-13,15-16H2,1-2H3,(H,23,26)/t22-/m1/s1. The molecule has 144 valence electrons. The lowest BCUT2D eigenvalue weighted by Gasteiger charge is -2.42. The second kappa shape index (κ2) is 8.70. The Hall–Kier alpha value is -2.14. The topological polar surface area (TPSA) is 49.4 Å². The number of amides is 2. The summed E-state index contributed by atoms with van der Waals surface area (Å²) >= 11 is 1.73. The highest BCUT2D eigenvalue weighted by molar-refractivity contribution is 7.13. The van der Waals surface area contributed by atoms with E-state index in [0.29, 0.717) is 25.9 Å². The maximum atomic E-state index is 13.0. The Balaban J connectivity index is 1.83. The molecule has 0 aliphatic carbocycles. The summed E-state index contributed by atoms with van der Waals surface area (Å²) in [6.07, 6.45) is 2.84. The number of benzene rings is 1. The molecule has 0 unspecified atom stereocenters. The van der Waals surface area contributed by atoms with Crippen LogP contribution in [0.4, 0.5) is 0 Å². The van der Waals surface area contributed by atoms with Crippen LogP contribution in [0.5, 0.6) is 0 Å². The number of nitrogens with one attached hydrogen (secondary N) is 1. The maximum absolute atomic E-state index is 13.0. The van der Waals surface area contributed by atoms with Gasteiger partial charge in [-0.2, -0.15) is 0 Å². The molecule has 5 heteroatoms. The minimum absolute atomic E-state index is 0.0703. The summed E-state index contributed by atoms with van der Waals surface area (Å²) in [5.41, 5.74) is 1.81. The van der Waals surface area contributed by atoms with Crippen molar-refractivity contribution >= 4 is 23.2 Å². The molecule has 0 radical (unpaired) electrons. The van der Waals surface area contributed by atoms with E-state index >= 15 is 0 Å². The van der Waals surface area contributed by atoms with Crippen molar-refractivity contribution in [2.24, 2.45) is 5.41 Å². The third-order valence-corrected chi connectivity index (χ3v) is 6.27. The van der Waals surface area contributed by atoms with Gasteiger partial charge in [-0.1, -0.05) is 37.3 Å². The van der Waals surface area contributed by atoms with Gasteiger partial charge in [-0.05, 0) is 48.8 Å². The highest BCUT2D eigenvalue weighted by Crippen LogP contribution is 2.35. The fourth-order valence-electron chi connectivity index (χ4n) is 3.95. The number of carbonyl (C=O) groups is 2. The molecule has 1 aromatic carbocycles. The lowest BCUT2D eigenvalue weighted by atomic mass is 9.74. The molecule has 1 aliphatic rings. The fraction of sp³-hybridized carbons (Fsp3) is 0.455. The Morgan fingerprint density at radius 1 is 1.19 bits per heavy atom. The molecule has 1 aliphatic heterocycles. The minimum Gasteiger partial charge on any atom is -0.356 e. The summed E-state index contributed by atoms with van der Waals surface area (Å²) in [5.74, 6) is 0.206. The summed E-state index contributed by atoms with van der Waals surface area (Å²) < 4.78 is 0. The second-order valence-corrected chi connectivity index (χ2v) is 8.21. The number of nitrogens with zero attached hydrogens (tertiary/aromatic N) is 1. The van der Waals surface area contributed by atoms with E-state index in [1.54, 1.807) is 11.3 Å². The van der Waals surface area contributed by atoms with Gasteiger partial charge >= 0.3 is 0 Å². The van der Waals surface area contributed by atoms with E-state index in [-0.39, 0.29) is 11.8 Å². The van der Waals surface area contributed by atoms with Crippen molar-refractivity contribution in [2.75, 3.05) is 19.6 Å². The van der Waals surface area contributed by atoms with Crippen molar-refractivity contribution in [3.63, 3.8) is 0 Å². The molecule has 2 heterocycles. The van der Waals surface area contributed by atoms with Gasteiger partial charge in [0.05, 0.1) is 5.41 Å². The number of rotatable bonds is 6. The lowest BCUT2D eigenvalue weighted by Crippen LogP contribution is -2.54. The first kappa shape index (κ1) is 19.6. The van der Waals surface area contributed by atoms with Crippen LogP contribution >= 0.6 is 11.3 Å². The van der Waals surface area contributed by atoms with Crippen LogP contribution in [0.25, 0.3) is 10.4 Å². The second-order valence-electron chi connectivity index (χ2n) is 7.26. The van der Waals surface area contributed by atoms with E-state index in [2.05, 4.69) is 47.1 Å². The van der Waals surface area contributed by atoms with E-state index in [1.165, 1.54) is 10.4 Å². The van der Waals surface area contributed by atoms with E-state index in [0.717, 1.165) is 24.9 Å². The Bertz CT molecular complexity index is 770. The number of hydrogen-bond donors (Lipinski definition) is 1. The molecule has 4 nitrogen and oxygen atoms in total. The molecular formula is C22H28N2O2S. The Morgan fingerprint density at radius 2 is 1.96 bits per heavy atom. The first-order valence-corrected chi connectivity index (χ1v) is 10.6. The highest BCUT2D eigenvalue weighted by atomic mass is 32.1. The molecule has 1 fully saturated rings. The lowest BCUT2D eigenvalue weighted by molar-refractivity contribution is -0.141. The maximum Gasteiger partial charge on any atom is 0.228 e.